The van der Waals surface area contributed by atoms with Gasteiger partial charge in [-0.2, -0.15) is 5.10 Å². The van der Waals surface area contributed by atoms with E-state index in [-0.39, 0.29) is 0 Å². The molecule has 0 aliphatic heterocycles. The molecular formula is C21H15Cl3N6O2. The van der Waals surface area contributed by atoms with E-state index in [4.69, 9.17) is 44.3 Å². The van der Waals surface area contributed by atoms with Crippen molar-refractivity contribution in [3.63, 3.8) is 0 Å². The Bertz CT molecular complexity index is 1480. The van der Waals surface area contributed by atoms with E-state index in [1.807, 2.05) is 12.3 Å². The molecule has 8 nitrogen and oxygen atoms in total. The molecular weight excluding hydrogens is 475 g/mol. The maximum atomic E-state index is 6.56. The molecule has 32 heavy (non-hydrogen) atoms. The van der Waals surface area contributed by atoms with Gasteiger partial charge < -0.3 is 14.5 Å². The van der Waals surface area contributed by atoms with Crippen LogP contribution in [0.3, 0.4) is 0 Å². The zero-order valence-corrected chi connectivity index (χ0v) is 19.1. The Morgan fingerprint density at radius 2 is 1.81 bits per heavy atom. The minimum Gasteiger partial charge on any atom is -0.493 e. The summed E-state index contributed by atoms with van der Waals surface area (Å²) < 4.78 is 12.5. The summed E-state index contributed by atoms with van der Waals surface area (Å²) in [5.74, 6) is 1.74. The Morgan fingerprint density at radius 3 is 2.59 bits per heavy atom. The molecule has 4 heterocycles. The lowest BCUT2D eigenvalue weighted by molar-refractivity contribution is 0.355. The predicted molar refractivity (Wildman–Crippen MR) is 124 cm³/mol. The molecule has 0 saturated heterocycles. The lowest BCUT2D eigenvalue weighted by atomic mass is 10.0. The standard InChI is InChI=1S/C21H15Cl3N6O2/c1-31-15-5-10(12(22)6-16(15)32-2)19-11-8-30(29-14(11)7-25-20(19)24)9-18-26-13-3-4-17(23)27-21(13)28-18/h3-8H,9H2,1-2H3,(H,26,27,28). The number of hydrogen-bond donors (Lipinski definition) is 1. The quantitative estimate of drug-likeness (QED) is 0.333. The Labute approximate surface area is 197 Å². The number of hydrogen-bond acceptors (Lipinski definition) is 6. The van der Waals surface area contributed by atoms with Gasteiger partial charge in [0, 0.05) is 28.8 Å². The van der Waals surface area contributed by atoms with Gasteiger partial charge >= 0.3 is 0 Å². The largest absolute Gasteiger partial charge is 0.493 e. The van der Waals surface area contributed by atoms with Crippen molar-refractivity contribution in [2.75, 3.05) is 14.2 Å². The topological polar surface area (TPSA) is 90.7 Å². The van der Waals surface area contributed by atoms with Crippen LogP contribution >= 0.6 is 34.8 Å². The molecule has 0 saturated carbocycles. The number of halogens is 3. The van der Waals surface area contributed by atoms with Gasteiger partial charge in [-0.15, -0.1) is 0 Å². The highest BCUT2D eigenvalue weighted by molar-refractivity contribution is 6.37. The van der Waals surface area contributed by atoms with E-state index in [2.05, 4.69) is 25.0 Å². The first kappa shape index (κ1) is 20.8. The van der Waals surface area contributed by atoms with Gasteiger partial charge in [-0.25, -0.2) is 15.0 Å². The number of pyridine rings is 2. The van der Waals surface area contributed by atoms with Gasteiger partial charge in [0.25, 0.3) is 0 Å². The number of rotatable bonds is 5. The molecule has 11 heteroatoms. The molecule has 5 rings (SSSR count). The summed E-state index contributed by atoms with van der Waals surface area (Å²) in [6.07, 6.45) is 3.49. The fourth-order valence-corrected chi connectivity index (χ4v) is 4.19. The maximum Gasteiger partial charge on any atom is 0.179 e. The van der Waals surface area contributed by atoms with Crippen molar-refractivity contribution >= 4 is 56.9 Å². The van der Waals surface area contributed by atoms with Crippen molar-refractivity contribution in [3.05, 3.63) is 57.8 Å². The lowest BCUT2D eigenvalue weighted by Gasteiger charge is -2.13. The highest BCUT2D eigenvalue weighted by Gasteiger charge is 2.19. The third-order valence-electron chi connectivity index (χ3n) is 4.98. The number of H-pyrrole nitrogens is 1. The highest BCUT2D eigenvalue weighted by atomic mass is 35.5. The summed E-state index contributed by atoms with van der Waals surface area (Å²) in [6, 6.07) is 7.00. The summed E-state index contributed by atoms with van der Waals surface area (Å²) in [7, 11) is 3.11. The van der Waals surface area contributed by atoms with Gasteiger partial charge in [0.2, 0.25) is 0 Å². The number of ether oxygens (including phenoxy) is 2. The third-order valence-corrected chi connectivity index (χ3v) is 5.79. The number of fused-ring (bicyclic) bond motifs is 2. The molecule has 1 N–H and O–H groups in total. The summed E-state index contributed by atoms with van der Waals surface area (Å²) in [6.45, 7) is 0.388. The van der Waals surface area contributed by atoms with Gasteiger partial charge in [0.05, 0.1) is 37.5 Å². The predicted octanol–water partition coefficient (Wildman–Crippen LogP) is 5.40. The number of nitrogens with one attached hydrogen (secondary N) is 1. The fourth-order valence-electron chi connectivity index (χ4n) is 3.55. The van der Waals surface area contributed by atoms with Crippen LogP contribution < -0.4 is 9.47 Å². The van der Waals surface area contributed by atoms with E-state index in [1.165, 1.54) is 0 Å². The minimum atomic E-state index is 0.300. The normalized spacial score (nSPS) is 11.4. The molecule has 0 aliphatic carbocycles. The number of methoxy groups -OCH3 is 2. The molecule has 1 aromatic carbocycles. The average molecular weight is 490 g/mol. The molecule has 0 aliphatic rings. The van der Waals surface area contributed by atoms with Gasteiger partial charge in [0.1, 0.15) is 21.6 Å². The second-order valence-electron chi connectivity index (χ2n) is 6.93. The van der Waals surface area contributed by atoms with E-state index in [9.17, 15) is 0 Å². The highest BCUT2D eigenvalue weighted by Crippen LogP contribution is 2.42. The van der Waals surface area contributed by atoms with Crippen LogP contribution in [0.15, 0.2) is 36.7 Å². The van der Waals surface area contributed by atoms with Crippen LogP contribution in [0.25, 0.3) is 33.2 Å². The van der Waals surface area contributed by atoms with Gasteiger partial charge in [-0.1, -0.05) is 34.8 Å². The molecule has 0 unspecified atom stereocenters. The van der Waals surface area contributed by atoms with Crippen molar-refractivity contribution in [2.45, 2.75) is 6.54 Å². The molecule has 4 aromatic heterocycles. The Balaban J connectivity index is 1.60. The van der Waals surface area contributed by atoms with Crippen LogP contribution in [0.4, 0.5) is 0 Å². The van der Waals surface area contributed by atoms with Gasteiger partial charge in [0.15, 0.2) is 17.1 Å². The van der Waals surface area contributed by atoms with Crippen molar-refractivity contribution in [1.82, 2.24) is 29.7 Å². The monoisotopic (exact) mass is 488 g/mol. The zero-order chi connectivity index (χ0) is 22.4. The summed E-state index contributed by atoms with van der Waals surface area (Å²) in [5, 5.41) is 6.54. The van der Waals surface area contributed by atoms with E-state index >= 15 is 0 Å². The summed E-state index contributed by atoms with van der Waals surface area (Å²) >= 11 is 19.0. The fraction of sp³-hybridized carbons (Fsp3) is 0.143. The van der Waals surface area contributed by atoms with E-state index in [0.29, 0.717) is 61.5 Å². The van der Waals surface area contributed by atoms with Crippen LogP contribution in [0.1, 0.15) is 5.82 Å². The molecule has 5 aromatic rings. The molecule has 0 radical (unpaired) electrons. The van der Waals surface area contributed by atoms with Crippen LogP contribution in [0, 0.1) is 0 Å². The van der Waals surface area contributed by atoms with Crippen molar-refractivity contribution < 1.29 is 9.47 Å². The molecule has 0 fully saturated rings. The Kier molecular flexibility index (Phi) is 5.28. The number of imidazole rings is 1. The van der Waals surface area contributed by atoms with Crippen LogP contribution in [-0.2, 0) is 6.54 Å². The first-order valence-electron chi connectivity index (χ1n) is 9.41. The lowest BCUT2D eigenvalue weighted by Crippen LogP contribution is -2.01. The SMILES string of the molecule is COc1cc(Cl)c(-c2c(Cl)ncc3nn(Cc4nc5nc(Cl)ccc5[nH]4)cc23)cc1OC. The second-order valence-corrected chi connectivity index (χ2v) is 8.08. The molecule has 0 atom stereocenters. The zero-order valence-electron chi connectivity index (χ0n) is 16.9. The summed E-state index contributed by atoms with van der Waals surface area (Å²) in [4.78, 5) is 16.2. The van der Waals surface area contributed by atoms with Crippen LogP contribution in [0.2, 0.25) is 15.3 Å². The van der Waals surface area contributed by atoms with Crippen LogP contribution in [0.5, 0.6) is 11.5 Å². The number of nitrogens with zero attached hydrogens (tertiary/aromatic N) is 5. The first-order chi connectivity index (χ1) is 15.5. The molecule has 0 bridgehead atoms. The molecule has 0 spiro atoms. The Hall–Kier alpha value is -3.07. The number of aromatic nitrogens is 6. The number of aromatic amines is 1. The number of benzene rings is 1. The van der Waals surface area contributed by atoms with E-state index in [1.54, 1.807) is 43.3 Å². The van der Waals surface area contributed by atoms with Crippen molar-refractivity contribution in [1.29, 1.82) is 0 Å². The molecule has 162 valence electrons. The minimum absolute atomic E-state index is 0.300. The first-order valence-corrected chi connectivity index (χ1v) is 10.5. The third kappa shape index (κ3) is 3.60. The second kappa shape index (κ2) is 8.12. The smallest absolute Gasteiger partial charge is 0.179 e. The Morgan fingerprint density at radius 1 is 1.03 bits per heavy atom. The van der Waals surface area contributed by atoms with Crippen molar-refractivity contribution in [3.8, 4) is 22.6 Å². The van der Waals surface area contributed by atoms with Gasteiger partial charge in [-0.3, -0.25) is 4.68 Å². The molecule has 0 amide bonds. The summed E-state index contributed by atoms with van der Waals surface area (Å²) in [5.41, 5.74) is 3.32. The van der Waals surface area contributed by atoms with E-state index in [0.717, 1.165) is 10.9 Å². The van der Waals surface area contributed by atoms with Gasteiger partial charge in [-0.05, 0) is 18.2 Å². The van der Waals surface area contributed by atoms with Crippen LogP contribution in [-0.4, -0.2) is 43.9 Å². The average Bonchev–Trinajstić information content (AvgIpc) is 3.36. The maximum absolute atomic E-state index is 6.56. The van der Waals surface area contributed by atoms with E-state index < -0.39 is 0 Å². The van der Waals surface area contributed by atoms with Crippen molar-refractivity contribution in [2.24, 2.45) is 0 Å².